The van der Waals surface area contributed by atoms with Crippen molar-refractivity contribution in [2.24, 2.45) is 5.92 Å². The first kappa shape index (κ1) is 22.0. The molecule has 1 aliphatic heterocycles. The van der Waals surface area contributed by atoms with Crippen LogP contribution in [0, 0.1) is 19.8 Å². The zero-order chi connectivity index (χ0) is 21.5. The fraction of sp³-hybridized carbons (Fsp3) is 0.458. The Morgan fingerprint density at radius 3 is 2.47 bits per heavy atom. The van der Waals surface area contributed by atoms with Gasteiger partial charge in [0, 0.05) is 24.8 Å². The molecule has 1 heterocycles. The lowest BCUT2D eigenvalue weighted by Gasteiger charge is -2.32. The number of ether oxygens (including phenoxy) is 2. The minimum Gasteiger partial charge on any atom is -0.493 e. The Labute approximate surface area is 179 Å². The van der Waals surface area contributed by atoms with Crippen molar-refractivity contribution in [2.75, 3.05) is 39.2 Å². The molecular weight excluding hydrogens is 378 g/mol. The van der Waals surface area contributed by atoms with Crippen LogP contribution >= 0.6 is 0 Å². The van der Waals surface area contributed by atoms with Crippen molar-refractivity contribution in [3.63, 3.8) is 0 Å². The van der Waals surface area contributed by atoms with Gasteiger partial charge >= 0.3 is 6.03 Å². The first-order chi connectivity index (χ1) is 14.5. The number of hydrogen-bond donors (Lipinski definition) is 2. The predicted octanol–water partition coefficient (Wildman–Crippen LogP) is 4.35. The van der Waals surface area contributed by atoms with Crippen LogP contribution in [0.15, 0.2) is 36.4 Å². The van der Waals surface area contributed by atoms with Gasteiger partial charge in [0.2, 0.25) is 0 Å². The molecule has 0 bridgehead atoms. The van der Waals surface area contributed by atoms with Crippen molar-refractivity contribution in [1.29, 1.82) is 0 Å². The third-order valence-electron chi connectivity index (χ3n) is 5.80. The Morgan fingerprint density at radius 1 is 1.03 bits per heavy atom. The van der Waals surface area contributed by atoms with Crippen molar-refractivity contribution in [3.8, 4) is 11.5 Å². The summed E-state index contributed by atoms with van der Waals surface area (Å²) in [4.78, 5) is 14.8. The van der Waals surface area contributed by atoms with Crippen LogP contribution in [0.1, 0.15) is 29.5 Å². The van der Waals surface area contributed by atoms with Crippen LogP contribution in [0.25, 0.3) is 0 Å². The molecule has 0 radical (unpaired) electrons. The van der Waals surface area contributed by atoms with Crippen LogP contribution in [-0.2, 0) is 6.54 Å². The summed E-state index contributed by atoms with van der Waals surface area (Å²) in [5.41, 5.74) is 4.76. The smallest absolute Gasteiger partial charge is 0.319 e. The average Bonchev–Trinajstić information content (AvgIpc) is 2.75. The molecule has 1 saturated heterocycles. The van der Waals surface area contributed by atoms with Crippen LogP contribution in [-0.4, -0.2) is 44.8 Å². The summed E-state index contributed by atoms with van der Waals surface area (Å²) in [5.74, 6) is 1.73. The number of urea groups is 1. The highest BCUT2D eigenvalue weighted by Crippen LogP contribution is 2.29. The minimum atomic E-state index is -0.194. The summed E-state index contributed by atoms with van der Waals surface area (Å²) < 4.78 is 10.5. The van der Waals surface area contributed by atoms with Gasteiger partial charge in [-0.05, 0) is 69.0 Å². The van der Waals surface area contributed by atoms with E-state index in [1.807, 2.05) is 0 Å². The fourth-order valence-electron chi connectivity index (χ4n) is 3.89. The van der Waals surface area contributed by atoms with Gasteiger partial charge in [0.15, 0.2) is 11.5 Å². The lowest BCUT2D eigenvalue weighted by molar-refractivity contribution is 0.175. The standard InChI is InChI=1S/C24H33N3O3/c1-17-5-6-18(2)20(13-17)16-27-11-9-19(10-12-27)15-25-24(28)26-21-7-8-22(29-3)23(14-21)30-4/h5-8,13-14,19H,9-12,15-16H2,1-4H3,(H2,25,26,28). The van der Waals surface area contributed by atoms with Crippen LogP contribution in [0.3, 0.4) is 0 Å². The van der Waals surface area contributed by atoms with Crippen LogP contribution in [0.4, 0.5) is 10.5 Å². The maximum atomic E-state index is 12.3. The molecule has 0 aliphatic carbocycles. The summed E-state index contributed by atoms with van der Waals surface area (Å²) >= 11 is 0. The Morgan fingerprint density at radius 2 is 1.77 bits per heavy atom. The quantitative estimate of drug-likeness (QED) is 0.711. The number of rotatable bonds is 7. The normalized spacial score (nSPS) is 14.9. The van der Waals surface area contributed by atoms with Crippen molar-refractivity contribution in [3.05, 3.63) is 53.1 Å². The Bertz CT molecular complexity index is 861. The zero-order valence-electron chi connectivity index (χ0n) is 18.5. The maximum Gasteiger partial charge on any atom is 0.319 e. The number of methoxy groups -OCH3 is 2. The van der Waals surface area contributed by atoms with Crippen LogP contribution in [0.5, 0.6) is 11.5 Å². The summed E-state index contributed by atoms with van der Waals surface area (Å²) in [5, 5.41) is 5.87. The van der Waals surface area contributed by atoms with Crippen LogP contribution < -0.4 is 20.1 Å². The van der Waals surface area contributed by atoms with Gasteiger partial charge in [-0.25, -0.2) is 4.79 Å². The molecule has 1 fully saturated rings. The summed E-state index contributed by atoms with van der Waals surface area (Å²) in [7, 11) is 3.17. The number of likely N-dealkylation sites (tertiary alicyclic amines) is 1. The van der Waals surface area contributed by atoms with Crippen molar-refractivity contribution in [1.82, 2.24) is 10.2 Å². The average molecular weight is 412 g/mol. The molecule has 0 saturated carbocycles. The zero-order valence-corrected chi connectivity index (χ0v) is 18.5. The second-order valence-corrected chi connectivity index (χ2v) is 8.05. The molecule has 30 heavy (non-hydrogen) atoms. The van der Waals surface area contributed by atoms with Gasteiger partial charge in [-0.15, -0.1) is 0 Å². The van der Waals surface area contributed by atoms with Crippen LogP contribution in [0.2, 0.25) is 0 Å². The fourth-order valence-corrected chi connectivity index (χ4v) is 3.89. The molecule has 2 aromatic rings. The molecule has 0 atom stereocenters. The highest BCUT2D eigenvalue weighted by molar-refractivity contribution is 5.89. The highest BCUT2D eigenvalue weighted by atomic mass is 16.5. The molecule has 0 aromatic heterocycles. The van der Waals surface area contributed by atoms with E-state index in [1.165, 1.54) is 16.7 Å². The maximum absolute atomic E-state index is 12.3. The number of benzene rings is 2. The molecule has 2 aromatic carbocycles. The topological polar surface area (TPSA) is 62.8 Å². The number of hydrogen-bond acceptors (Lipinski definition) is 4. The molecule has 2 amide bonds. The first-order valence-electron chi connectivity index (χ1n) is 10.5. The number of amides is 2. The van der Waals surface area contributed by atoms with Gasteiger partial charge in [-0.2, -0.15) is 0 Å². The Balaban J connectivity index is 1.42. The first-order valence-corrected chi connectivity index (χ1v) is 10.5. The summed E-state index contributed by atoms with van der Waals surface area (Å²) in [6.45, 7) is 8.16. The largest absolute Gasteiger partial charge is 0.493 e. The number of nitrogens with one attached hydrogen (secondary N) is 2. The number of carbonyl (C=O) groups excluding carboxylic acids is 1. The Kier molecular flexibility index (Phi) is 7.57. The summed E-state index contributed by atoms with van der Waals surface area (Å²) in [6.07, 6.45) is 2.20. The van der Waals surface area contributed by atoms with E-state index in [2.05, 4.69) is 47.6 Å². The minimum absolute atomic E-state index is 0.194. The van der Waals surface area contributed by atoms with Gasteiger partial charge in [-0.3, -0.25) is 4.90 Å². The predicted molar refractivity (Wildman–Crippen MR) is 120 cm³/mol. The Hall–Kier alpha value is -2.73. The van der Waals surface area contributed by atoms with Gasteiger partial charge in [0.05, 0.1) is 14.2 Å². The SMILES string of the molecule is COc1ccc(NC(=O)NCC2CCN(Cc3cc(C)ccc3C)CC2)cc1OC. The lowest BCUT2D eigenvalue weighted by atomic mass is 9.96. The summed E-state index contributed by atoms with van der Waals surface area (Å²) in [6, 6.07) is 11.8. The van der Waals surface area contributed by atoms with Gasteiger partial charge in [0.1, 0.15) is 0 Å². The van der Waals surface area contributed by atoms with E-state index in [9.17, 15) is 4.79 Å². The molecule has 0 spiro atoms. The van der Waals surface area contributed by atoms with E-state index in [0.717, 1.165) is 32.5 Å². The van der Waals surface area contributed by atoms with Gasteiger partial charge in [0.25, 0.3) is 0 Å². The van der Waals surface area contributed by atoms with E-state index in [0.29, 0.717) is 29.6 Å². The molecule has 6 heteroatoms. The molecule has 2 N–H and O–H groups in total. The van der Waals surface area contributed by atoms with Crippen molar-refractivity contribution >= 4 is 11.7 Å². The van der Waals surface area contributed by atoms with Gasteiger partial charge in [-0.1, -0.05) is 23.8 Å². The number of carbonyl (C=O) groups is 1. The molecule has 162 valence electrons. The van der Waals surface area contributed by atoms with Crippen molar-refractivity contribution in [2.45, 2.75) is 33.2 Å². The number of nitrogens with zero attached hydrogens (tertiary/aromatic N) is 1. The molecule has 3 rings (SSSR count). The monoisotopic (exact) mass is 411 g/mol. The molecular formula is C24H33N3O3. The van der Waals surface area contributed by atoms with E-state index < -0.39 is 0 Å². The second-order valence-electron chi connectivity index (χ2n) is 8.05. The third-order valence-corrected chi connectivity index (χ3v) is 5.80. The number of aryl methyl sites for hydroxylation is 2. The molecule has 6 nitrogen and oxygen atoms in total. The highest BCUT2D eigenvalue weighted by Gasteiger charge is 2.20. The molecule has 1 aliphatic rings. The number of piperidine rings is 1. The van der Waals surface area contributed by atoms with Gasteiger partial charge < -0.3 is 20.1 Å². The van der Waals surface area contributed by atoms with E-state index in [-0.39, 0.29) is 6.03 Å². The van der Waals surface area contributed by atoms with E-state index in [4.69, 9.17) is 9.47 Å². The van der Waals surface area contributed by atoms with E-state index in [1.54, 1.807) is 32.4 Å². The second kappa shape index (κ2) is 10.3. The van der Waals surface area contributed by atoms with Crippen molar-refractivity contribution < 1.29 is 14.3 Å². The van der Waals surface area contributed by atoms with E-state index >= 15 is 0 Å². The lowest BCUT2D eigenvalue weighted by Crippen LogP contribution is -2.39. The molecule has 0 unspecified atom stereocenters. The third kappa shape index (κ3) is 5.89. The number of anilines is 1.